The lowest BCUT2D eigenvalue weighted by Gasteiger charge is -2.40. The van der Waals surface area contributed by atoms with E-state index >= 15 is 0 Å². The van der Waals surface area contributed by atoms with Crippen molar-refractivity contribution in [2.75, 3.05) is 19.8 Å². The van der Waals surface area contributed by atoms with Crippen molar-refractivity contribution in [1.82, 2.24) is 4.90 Å². The lowest BCUT2D eigenvalue weighted by Crippen LogP contribution is -2.50. The van der Waals surface area contributed by atoms with Crippen molar-refractivity contribution < 1.29 is 19.1 Å². The van der Waals surface area contributed by atoms with Gasteiger partial charge in [0.1, 0.15) is 6.67 Å². The molecule has 0 unspecified atom stereocenters. The predicted octanol–water partition coefficient (Wildman–Crippen LogP) is 6.33. The van der Waals surface area contributed by atoms with Gasteiger partial charge in [0.15, 0.2) is 0 Å². The number of fused-ring (bicyclic) bond motifs is 1. The highest BCUT2D eigenvalue weighted by Gasteiger charge is 2.33. The monoisotopic (exact) mass is 501 g/mol. The number of likely N-dealkylation sites (tertiary alicyclic amines) is 1. The largest absolute Gasteiger partial charge is 0.481 e. The smallest absolute Gasteiger partial charge is 0.303 e. The minimum atomic E-state index is -0.802. The van der Waals surface area contributed by atoms with Gasteiger partial charge >= 0.3 is 5.97 Å². The normalized spacial score (nSPS) is 16.6. The molecule has 0 radical (unpaired) electrons. The van der Waals surface area contributed by atoms with Crippen LogP contribution < -0.4 is 0 Å². The molecule has 0 aliphatic carbocycles. The van der Waals surface area contributed by atoms with E-state index in [1.807, 2.05) is 43.3 Å². The number of aliphatic carboxylic acids is 1. The maximum atomic E-state index is 13.2. The number of amides is 1. The summed E-state index contributed by atoms with van der Waals surface area (Å²) in [5, 5.41) is 9.12. The Morgan fingerprint density at radius 3 is 2.59 bits per heavy atom. The first kappa shape index (κ1) is 26.2. The summed E-state index contributed by atoms with van der Waals surface area (Å²) in [6, 6.07) is 15.3. The third kappa shape index (κ3) is 6.47. The van der Waals surface area contributed by atoms with Gasteiger partial charge in [-0.25, -0.2) is 4.39 Å². The summed E-state index contributed by atoms with van der Waals surface area (Å²) >= 11 is 0. The summed E-state index contributed by atoms with van der Waals surface area (Å²) in [5.74, 6) is -0.761. The summed E-state index contributed by atoms with van der Waals surface area (Å²) < 4.78 is 12.7. The second-order valence-electron chi connectivity index (χ2n) is 9.69. The summed E-state index contributed by atoms with van der Waals surface area (Å²) in [6.07, 6.45) is 5.20. The molecule has 2 aromatic carbocycles. The van der Waals surface area contributed by atoms with Crippen LogP contribution >= 0.6 is 0 Å². The van der Waals surface area contributed by atoms with Gasteiger partial charge in [-0.3, -0.25) is 19.6 Å². The molecule has 1 N–H and O–H groups in total. The van der Waals surface area contributed by atoms with E-state index < -0.39 is 12.6 Å². The number of alkyl halides is 1. The van der Waals surface area contributed by atoms with E-state index in [2.05, 4.69) is 6.58 Å². The average molecular weight is 502 g/mol. The van der Waals surface area contributed by atoms with Crippen molar-refractivity contribution >= 4 is 34.7 Å². The zero-order valence-electron chi connectivity index (χ0n) is 21.1. The molecule has 1 fully saturated rings. The molecule has 6 nitrogen and oxygen atoms in total. The van der Waals surface area contributed by atoms with Gasteiger partial charge < -0.3 is 10.0 Å². The SMILES string of the molecule is C=C/C(=C\CF)C1CN(C(=O)c2ccc3c(c2)N=C(CC[C@H](C)CC(=O)O)CC(c2ccccc2)=N3)C1. The molecule has 2 aromatic rings. The fourth-order valence-electron chi connectivity index (χ4n) is 4.73. The topological polar surface area (TPSA) is 82.3 Å². The van der Waals surface area contributed by atoms with Gasteiger partial charge in [-0.15, -0.1) is 0 Å². The molecule has 0 saturated carbocycles. The summed E-state index contributed by atoms with van der Waals surface area (Å²) in [7, 11) is 0. The van der Waals surface area contributed by atoms with E-state index in [9.17, 15) is 14.0 Å². The third-order valence-corrected chi connectivity index (χ3v) is 6.87. The van der Waals surface area contributed by atoms with Gasteiger partial charge in [0.25, 0.3) is 5.91 Å². The Morgan fingerprint density at radius 2 is 1.92 bits per heavy atom. The molecule has 4 rings (SSSR count). The van der Waals surface area contributed by atoms with E-state index in [4.69, 9.17) is 15.1 Å². The lowest BCUT2D eigenvalue weighted by atomic mass is 9.90. The molecule has 0 spiro atoms. The molecule has 0 bridgehead atoms. The van der Waals surface area contributed by atoms with Crippen LogP contribution in [-0.4, -0.2) is 53.1 Å². The molecule has 1 amide bonds. The molecular weight excluding hydrogens is 469 g/mol. The summed E-state index contributed by atoms with van der Waals surface area (Å²) in [4.78, 5) is 35.8. The standard InChI is InChI=1S/C30H32FN3O3/c1-3-21(13-14-31)24-18-34(19-24)30(37)23-10-12-26-28(16-23)32-25(11-9-20(2)15-29(35)36)17-27(33-26)22-7-5-4-6-8-22/h3-8,10,12-13,16,20,24H,1,9,11,14-15,17-19H2,2H3,(H,35,36)/b21-13+/t20-/m0/s1. The van der Waals surface area contributed by atoms with E-state index in [1.54, 1.807) is 23.1 Å². The Labute approximate surface area is 216 Å². The number of hydrogen-bond donors (Lipinski definition) is 1. The minimum absolute atomic E-state index is 0.0271. The Hall–Kier alpha value is -3.87. The van der Waals surface area contributed by atoms with Crippen LogP contribution in [0.4, 0.5) is 15.8 Å². The zero-order valence-corrected chi connectivity index (χ0v) is 21.1. The van der Waals surface area contributed by atoms with Crippen molar-refractivity contribution in [2.24, 2.45) is 21.8 Å². The van der Waals surface area contributed by atoms with Crippen molar-refractivity contribution in [3.63, 3.8) is 0 Å². The number of nitrogens with zero attached hydrogens (tertiary/aromatic N) is 3. The van der Waals surface area contributed by atoms with Gasteiger partial charge in [0.05, 0.1) is 17.1 Å². The fourth-order valence-corrected chi connectivity index (χ4v) is 4.73. The molecule has 1 saturated heterocycles. The van der Waals surface area contributed by atoms with Crippen LogP contribution in [0.1, 0.15) is 48.5 Å². The summed E-state index contributed by atoms with van der Waals surface area (Å²) in [5.41, 5.74) is 5.52. The number of halogens is 1. The van der Waals surface area contributed by atoms with Crippen LogP contribution in [0.2, 0.25) is 0 Å². The molecule has 1 atom stereocenters. The van der Waals surface area contributed by atoms with Crippen molar-refractivity contribution in [3.8, 4) is 0 Å². The maximum absolute atomic E-state index is 13.2. The molecular formula is C30H32FN3O3. The van der Waals surface area contributed by atoms with Crippen LogP contribution in [-0.2, 0) is 4.79 Å². The molecule has 2 aliphatic rings. The molecule has 0 aromatic heterocycles. The highest BCUT2D eigenvalue weighted by molar-refractivity contribution is 6.15. The van der Waals surface area contributed by atoms with E-state index in [-0.39, 0.29) is 24.2 Å². The van der Waals surface area contributed by atoms with Crippen molar-refractivity contribution in [3.05, 3.63) is 84.0 Å². The molecule has 2 heterocycles. The number of carboxylic acid groups (broad SMARTS) is 1. The highest BCUT2D eigenvalue weighted by Crippen LogP contribution is 2.35. The van der Waals surface area contributed by atoms with E-state index in [0.29, 0.717) is 49.3 Å². The Balaban J connectivity index is 1.58. The van der Waals surface area contributed by atoms with Gasteiger partial charge in [-0.1, -0.05) is 56.0 Å². The number of carboxylic acids is 1. The number of hydrogen-bond acceptors (Lipinski definition) is 4. The van der Waals surface area contributed by atoms with Crippen LogP contribution in [0.25, 0.3) is 0 Å². The van der Waals surface area contributed by atoms with Crippen LogP contribution in [0.15, 0.2) is 82.8 Å². The van der Waals surface area contributed by atoms with Gasteiger partial charge in [0.2, 0.25) is 0 Å². The highest BCUT2D eigenvalue weighted by atomic mass is 19.1. The Morgan fingerprint density at radius 1 is 1.16 bits per heavy atom. The average Bonchev–Trinajstić information content (AvgIpc) is 3.05. The van der Waals surface area contributed by atoms with Gasteiger partial charge in [-0.2, -0.15) is 0 Å². The fraction of sp³-hybridized carbons (Fsp3) is 0.333. The predicted molar refractivity (Wildman–Crippen MR) is 145 cm³/mol. The number of aliphatic imine (C=N–C) groups is 2. The first-order chi connectivity index (χ1) is 17.9. The second kappa shape index (κ2) is 11.9. The molecule has 7 heteroatoms. The number of carbonyl (C=O) groups excluding carboxylic acids is 1. The van der Waals surface area contributed by atoms with Crippen LogP contribution in [0, 0.1) is 11.8 Å². The van der Waals surface area contributed by atoms with E-state index in [0.717, 1.165) is 22.6 Å². The maximum Gasteiger partial charge on any atom is 0.303 e. The third-order valence-electron chi connectivity index (χ3n) is 6.87. The molecule has 2 aliphatic heterocycles. The number of rotatable bonds is 10. The zero-order chi connectivity index (χ0) is 26.4. The Kier molecular flexibility index (Phi) is 8.43. The number of allylic oxidation sites excluding steroid dienone is 2. The van der Waals surface area contributed by atoms with Gasteiger partial charge in [0, 0.05) is 43.1 Å². The second-order valence-corrected chi connectivity index (χ2v) is 9.69. The van der Waals surface area contributed by atoms with Crippen LogP contribution in [0.3, 0.4) is 0 Å². The van der Waals surface area contributed by atoms with Crippen molar-refractivity contribution in [1.29, 1.82) is 0 Å². The first-order valence-corrected chi connectivity index (χ1v) is 12.6. The first-order valence-electron chi connectivity index (χ1n) is 12.6. The number of carbonyl (C=O) groups is 2. The van der Waals surface area contributed by atoms with E-state index in [1.165, 1.54) is 6.08 Å². The Bertz CT molecular complexity index is 1260. The lowest BCUT2D eigenvalue weighted by molar-refractivity contribution is -0.138. The molecule has 37 heavy (non-hydrogen) atoms. The molecule has 192 valence electrons. The van der Waals surface area contributed by atoms with Crippen LogP contribution in [0.5, 0.6) is 0 Å². The van der Waals surface area contributed by atoms with Crippen molar-refractivity contribution in [2.45, 2.75) is 32.6 Å². The quantitative estimate of drug-likeness (QED) is 0.386. The van der Waals surface area contributed by atoms with Gasteiger partial charge in [-0.05, 0) is 48.1 Å². The number of benzene rings is 2. The summed E-state index contributed by atoms with van der Waals surface area (Å²) in [6.45, 7) is 6.19. The minimum Gasteiger partial charge on any atom is -0.481 e.